The van der Waals surface area contributed by atoms with Gasteiger partial charge in [-0.2, -0.15) is 0 Å². The Morgan fingerprint density at radius 3 is 2.80 bits per heavy atom. The lowest BCUT2D eigenvalue weighted by molar-refractivity contribution is 0.281. The minimum Gasteiger partial charge on any atom is -0.330 e. The van der Waals surface area contributed by atoms with Crippen molar-refractivity contribution in [3.63, 3.8) is 0 Å². The van der Waals surface area contributed by atoms with E-state index in [2.05, 4.69) is 11.8 Å². The van der Waals surface area contributed by atoms with Crippen LogP contribution in [0.2, 0.25) is 10.0 Å². The summed E-state index contributed by atoms with van der Waals surface area (Å²) in [5.41, 5.74) is 5.75. The van der Waals surface area contributed by atoms with E-state index in [4.69, 9.17) is 28.9 Å². The third-order valence-electron chi connectivity index (χ3n) is 3.65. The zero-order chi connectivity index (χ0) is 13.8. The van der Waals surface area contributed by atoms with Gasteiger partial charge in [0.1, 0.15) is 0 Å². The van der Waals surface area contributed by atoms with Crippen LogP contribution in [0.15, 0.2) is 23.1 Å². The molecule has 1 aliphatic rings. The smallest absolute Gasteiger partial charge is 0.0542 e. The Hall–Kier alpha value is 0.360. The summed E-state index contributed by atoms with van der Waals surface area (Å²) in [4.78, 5) is 3.58. The molecule has 0 bridgehead atoms. The van der Waals surface area contributed by atoms with Crippen LogP contribution in [0, 0.1) is 5.92 Å². The van der Waals surface area contributed by atoms with Gasteiger partial charge in [0.05, 0.1) is 5.02 Å². The Bertz CT molecular complexity index is 431. The number of nitrogens with two attached hydrogens (primary N) is 1. The lowest BCUT2D eigenvalue weighted by Crippen LogP contribution is -2.30. The van der Waals surface area contributed by atoms with E-state index in [-0.39, 0.29) is 12.4 Å². The molecular formula is C14H21Cl3N2S. The molecule has 1 fully saturated rings. The van der Waals surface area contributed by atoms with Crippen molar-refractivity contribution in [1.82, 2.24) is 4.90 Å². The molecule has 1 aliphatic heterocycles. The van der Waals surface area contributed by atoms with Crippen LogP contribution in [0.1, 0.15) is 13.3 Å². The number of likely N-dealkylation sites (tertiary alicyclic amines) is 1. The van der Waals surface area contributed by atoms with Gasteiger partial charge >= 0.3 is 0 Å². The molecular weight excluding hydrogens is 335 g/mol. The van der Waals surface area contributed by atoms with Gasteiger partial charge in [-0.1, -0.05) is 23.2 Å². The second-order valence-corrected chi connectivity index (χ2v) is 7.08. The van der Waals surface area contributed by atoms with Gasteiger partial charge in [-0.25, -0.2) is 0 Å². The molecule has 1 saturated heterocycles. The molecule has 0 aliphatic carbocycles. The van der Waals surface area contributed by atoms with Crippen molar-refractivity contribution in [2.75, 3.05) is 25.4 Å². The summed E-state index contributed by atoms with van der Waals surface area (Å²) in [6.07, 6.45) is 1.22. The average Bonchev–Trinajstić information content (AvgIpc) is 2.75. The third-order valence-corrected chi connectivity index (χ3v) is 5.37. The average molecular weight is 356 g/mol. The predicted octanol–water partition coefficient (Wildman–Crippen LogP) is 4.18. The number of thioether (sulfide) groups is 1. The highest BCUT2D eigenvalue weighted by Crippen LogP contribution is 2.30. The summed E-state index contributed by atoms with van der Waals surface area (Å²) in [7, 11) is 0. The fourth-order valence-electron chi connectivity index (χ4n) is 2.56. The molecule has 20 heavy (non-hydrogen) atoms. The minimum absolute atomic E-state index is 0. The molecule has 2 rings (SSSR count). The summed E-state index contributed by atoms with van der Waals surface area (Å²) in [5, 5.41) is 1.52. The fraction of sp³-hybridized carbons (Fsp3) is 0.571. The lowest BCUT2D eigenvalue weighted by Gasteiger charge is -2.20. The van der Waals surface area contributed by atoms with Crippen LogP contribution in [0.5, 0.6) is 0 Å². The zero-order valence-electron chi connectivity index (χ0n) is 11.5. The van der Waals surface area contributed by atoms with Gasteiger partial charge in [-0.3, -0.25) is 4.90 Å². The summed E-state index contributed by atoms with van der Waals surface area (Å²) < 4.78 is 0. The number of rotatable bonds is 5. The largest absolute Gasteiger partial charge is 0.330 e. The monoisotopic (exact) mass is 354 g/mol. The van der Waals surface area contributed by atoms with Crippen molar-refractivity contribution in [3.8, 4) is 0 Å². The quantitative estimate of drug-likeness (QED) is 0.804. The topological polar surface area (TPSA) is 29.3 Å². The molecule has 2 unspecified atom stereocenters. The first-order valence-corrected chi connectivity index (χ1v) is 8.36. The van der Waals surface area contributed by atoms with Crippen molar-refractivity contribution >= 4 is 47.4 Å². The van der Waals surface area contributed by atoms with E-state index in [1.807, 2.05) is 18.2 Å². The number of hydrogen-bond donors (Lipinski definition) is 1. The van der Waals surface area contributed by atoms with E-state index >= 15 is 0 Å². The highest BCUT2D eigenvalue weighted by atomic mass is 35.5. The van der Waals surface area contributed by atoms with Crippen LogP contribution in [-0.4, -0.2) is 36.3 Å². The second-order valence-electron chi connectivity index (χ2n) is 5.10. The molecule has 2 nitrogen and oxygen atoms in total. The third kappa shape index (κ3) is 4.97. The first kappa shape index (κ1) is 18.4. The van der Waals surface area contributed by atoms with Crippen molar-refractivity contribution in [1.29, 1.82) is 0 Å². The van der Waals surface area contributed by atoms with E-state index in [0.717, 1.165) is 40.3 Å². The van der Waals surface area contributed by atoms with Crippen molar-refractivity contribution in [2.24, 2.45) is 11.7 Å². The van der Waals surface area contributed by atoms with E-state index in [1.54, 1.807) is 11.8 Å². The van der Waals surface area contributed by atoms with Gasteiger partial charge < -0.3 is 5.73 Å². The molecule has 0 spiro atoms. The van der Waals surface area contributed by atoms with E-state index in [1.165, 1.54) is 6.42 Å². The fourth-order valence-corrected chi connectivity index (χ4v) is 4.04. The van der Waals surface area contributed by atoms with Crippen LogP contribution in [0.25, 0.3) is 0 Å². The number of halogens is 3. The summed E-state index contributed by atoms with van der Waals surface area (Å²) in [6, 6.07) is 6.26. The maximum atomic E-state index is 6.16. The Balaban J connectivity index is 0.00000200. The van der Waals surface area contributed by atoms with Gasteiger partial charge in [-0.15, -0.1) is 24.2 Å². The first-order valence-electron chi connectivity index (χ1n) is 6.62. The predicted molar refractivity (Wildman–Crippen MR) is 92.6 cm³/mol. The van der Waals surface area contributed by atoms with Gasteiger partial charge in [0.25, 0.3) is 0 Å². The van der Waals surface area contributed by atoms with Gasteiger partial charge in [0.15, 0.2) is 0 Å². The minimum atomic E-state index is 0. The van der Waals surface area contributed by atoms with Crippen molar-refractivity contribution < 1.29 is 0 Å². The number of benzene rings is 1. The molecule has 114 valence electrons. The molecule has 0 aromatic heterocycles. The van der Waals surface area contributed by atoms with E-state index in [0.29, 0.717) is 12.0 Å². The highest BCUT2D eigenvalue weighted by molar-refractivity contribution is 7.99. The Labute approximate surface area is 141 Å². The number of nitrogens with zero attached hydrogens (tertiary/aromatic N) is 1. The SMILES string of the molecule is CC1CC(CN)CN1CCSc1cc(Cl)ccc1Cl.Cl. The molecule has 0 saturated carbocycles. The van der Waals surface area contributed by atoms with Gasteiger partial charge in [0.2, 0.25) is 0 Å². The maximum Gasteiger partial charge on any atom is 0.0542 e. The lowest BCUT2D eigenvalue weighted by atomic mass is 10.1. The molecule has 0 radical (unpaired) electrons. The summed E-state index contributed by atoms with van der Waals surface area (Å²) >= 11 is 13.9. The van der Waals surface area contributed by atoms with Crippen LogP contribution in [0.4, 0.5) is 0 Å². The van der Waals surface area contributed by atoms with Crippen LogP contribution >= 0.6 is 47.4 Å². The van der Waals surface area contributed by atoms with Crippen LogP contribution in [0.3, 0.4) is 0 Å². The van der Waals surface area contributed by atoms with Crippen LogP contribution < -0.4 is 5.73 Å². The maximum absolute atomic E-state index is 6.16. The van der Waals surface area contributed by atoms with Gasteiger partial charge in [-0.05, 0) is 44.0 Å². The Morgan fingerprint density at radius 2 is 2.15 bits per heavy atom. The summed E-state index contributed by atoms with van der Waals surface area (Å²) in [6.45, 7) is 5.29. The van der Waals surface area contributed by atoms with E-state index < -0.39 is 0 Å². The van der Waals surface area contributed by atoms with Gasteiger partial charge in [0, 0.05) is 34.8 Å². The molecule has 1 aromatic carbocycles. The molecule has 1 aromatic rings. The Kier molecular flexibility index (Phi) is 8.02. The molecule has 2 N–H and O–H groups in total. The first-order chi connectivity index (χ1) is 9.10. The van der Waals surface area contributed by atoms with Crippen molar-refractivity contribution in [2.45, 2.75) is 24.3 Å². The molecule has 0 amide bonds. The molecule has 6 heteroatoms. The highest BCUT2D eigenvalue weighted by Gasteiger charge is 2.27. The second kappa shape index (κ2) is 8.72. The normalized spacial score (nSPS) is 22.8. The van der Waals surface area contributed by atoms with Crippen molar-refractivity contribution in [3.05, 3.63) is 28.2 Å². The zero-order valence-corrected chi connectivity index (χ0v) is 14.7. The Morgan fingerprint density at radius 1 is 1.40 bits per heavy atom. The van der Waals surface area contributed by atoms with Crippen LogP contribution in [-0.2, 0) is 0 Å². The standard InChI is InChI=1S/C14H20Cl2N2S.ClH/c1-10-6-11(8-17)9-18(10)4-5-19-14-7-12(15)2-3-13(14)16;/h2-3,7,10-11H,4-6,8-9,17H2,1H3;1H. The van der Waals surface area contributed by atoms with E-state index in [9.17, 15) is 0 Å². The molecule has 1 heterocycles. The number of hydrogen-bond acceptors (Lipinski definition) is 3. The molecule has 2 atom stereocenters. The summed E-state index contributed by atoms with van der Waals surface area (Å²) in [5.74, 6) is 1.69.